The van der Waals surface area contributed by atoms with E-state index in [9.17, 15) is 9.90 Å². The molecule has 0 aromatic rings. The second kappa shape index (κ2) is 4.44. The smallest absolute Gasteiger partial charge is 0.325 e. The van der Waals surface area contributed by atoms with Gasteiger partial charge in [-0.15, -0.1) is 0 Å². The number of nitrogens with one attached hydrogen (secondary N) is 1. The van der Waals surface area contributed by atoms with Crippen LogP contribution in [0.2, 0.25) is 0 Å². The molecule has 5 heteroatoms. The molecule has 2 saturated carbocycles. The van der Waals surface area contributed by atoms with Crippen molar-refractivity contribution in [2.24, 2.45) is 5.92 Å². The molecule has 96 valence electrons. The Morgan fingerprint density at radius 2 is 2.06 bits per heavy atom. The van der Waals surface area contributed by atoms with E-state index in [1.807, 2.05) is 0 Å². The zero-order chi connectivity index (χ0) is 11.9. The Morgan fingerprint density at radius 3 is 2.47 bits per heavy atom. The van der Waals surface area contributed by atoms with Gasteiger partial charge in [-0.25, -0.2) is 0 Å². The van der Waals surface area contributed by atoms with Crippen molar-refractivity contribution in [1.29, 1.82) is 0 Å². The maximum atomic E-state index is 11.7. The van der Waals surface area contributed by atoms with Crippen LogP contribution in [0, 0.1) is 5.92 Å². The van der Waals surface area contributed by atoms with Gasteiger partial charge in [0.2, 0.25) is 0 Å². The van der Waals surface area contributed by atoms with Gasteiger partial charge in [0.15, 0.2) is 0 Å². The van der Waals surface area contributed by atoms with Crippen molar-refractivity contribution in [3.05, 3.63) is 0 Å². The van der Waals surface area contributed by atoms with E-state index < -0.39 is 11.5 Å². The van der Waals surface area contributed by atoms with E-state index in [1.165, 1.54) is 0 Å². The Morgan fingerprint density at radius 1 is 1.35 bits per heavy atom. The zero-order valence-electron chi connectivity index (χ0n) is 9.85. The van der Waals surface area contributed by atoms with Gasteiger partial charge in [0.25, 0.3) is 0 Å². The van der Waals surface area contributed by atoms with Crippen molar-refractivity contribution in [3.8, 4) is 0 Å². The largest absolute Gasteiger partial charge is 0.480 e. The summed E-state index contributed by atoms with van der Waals surface area (Å²) in [6, 6.07) is 0.449. The summed E-state index contributed by atoms with van der Waals surface area (Å²) in [6.45, 7) is 1.57. The molecule has 1 heterocycles. The highest BCUT2D eigenvalue weighted by molar-refractivity contribution is 8.00. The number of carboxylic acid groups (broad SMARTS) is 1. The van der Waals surface area contributed by atoms with E-state index in [0.717, 1.165) is 38.9 Å². The van der Waals surface area contributed by atoms with E-state index in [0.29, 0.717) is 23.0 Å². The first-order chi connectivity index (χ1) is 8.21. The molecule has 1 atom stereocenters. The number of carbonyl (C=O) groups is 1. The van der Waals surface area contributed by atoms with Gasteiger partial charge in [0.05, 0.1) is 18.5 Å². The van der Waals surface area contributed by atoms with E-state index in [2.05, 4.69) is 5.32 Å². The Hall–Kier alpha value is -0.260. The molecule has 4 nitrogen and oxygen atoms in total. The first-order valence-electron chi connectivity index (χ1n) is 6.41. The summed E-state index contributed by atoms with van der Waals surface area (Å²) in [5, 5.41) is 13.5. The Balaban J connectivity index is 1.65. The monoisotopic (exact) mass is 257 g/mol. The molecule has 0 radical (unpaired) electrons. The van der Waals surface area contributed by atoms with Crippen LogP contribution in [0.5, 0.6) is 0 Å². The lowest BCUT2D eigenvalue weighted by molar-refractivity contribution is -0.145. The van der Waals surface area contributed by atoms with Crippen LogP contribution < -0.4 is 5.32 Å². The van der Waals surface area contributed by atoms with E-state index in [-0.39, 0.29) is 0 Å². The molecular weight excluding hydrogens is 238 g/mol. The summed E-state index contributed by atoms with van der Waals surface area (Å²) in [4.78, 5) is 11.7. The second-order valence-corrected chi connectivity index (χ2v) is 6.73. The van der Waals surface area contributed by atoms with E-state index in [1.54, 1.807) is 11.8 Å². The number of thioether (sulfide) groups is 1. The molecule has 3 rings (SSSR count). The maximum Gasteiger partial charge on any atom is 0.325 e. The number of carboxylic acids is 1. The van der Waals surface area contributed by atoms with Gasteiger partial charge in [-0.05, 0) is 31.6 Å². The molecular formula is C12H19NO3S. The summed E-state index contributed by atoms with van der Waals surface area (Å²) >= 11 is 1.77. The number of hydrogen-bond acceptors (Lipinski definition) is 4. The van der Waals surface area contributed by atoms with Crippen LogP contribution in [0.4, 0.5) is 0 Å². The Kier molecular flexibility index (Phi) is 3.09. The molecule has 2 aliphatic carbocycles. The molecule has 0 spiro atoms. The lowest BCUT2D eigenvalue weighted by Gasteiger charge is -2.34. The topological polar surface area (TPSA) is 58.6 Å². The molecule has 17 heavy (non-hydrogen) atoms. The third kappa shape index (κ3) is 2.46. The molecule has 0 aromatic heterocycles. The highest BCUT2D eigenvalue weighted by Gasteiger charge is 2.53. The minimum atomic E-state index is -0.665. The molecule has 0 aromatic carbocycles. The molecule has 3 fully saturated rings. The van der Waals surface area contributed by atoms with Crippen LogP contribution in [0.3, 0.4) is 0 Å². The minimum Gasteiger partial charge on any atom is -0.480 e. The van der Waals surface area contributed by atoms with Gasteiger partial charge in [-0.2, -0.15) is 11.8 Å². The van der Waals surface area contributed by atoms with Crippen molar-refractivity contribution in [2.75, 3.05) is 19.0 Å². The molecule has 2 N–H and O–H groups in total. The minimum absolute atomic E-state index is 0.342. The second-order valence-electron chi connectivity index (χ2n) is 5.44. The molecule has 1 unspecified atom stereocenters. The molecule has 1 aliphatic heterocycles. The molecule has 0 bridgehead atoms. The third-order valence-electron chi connectivity index (χ3n) is 3.85. The fraction of sp³-hybridized carbons (Fsp3) is 0.917. The standard InChI is InChI=1S/C12H19NO3S/c14-11(15)12(8-1-2-8,13-9-3-4-9)7-17-10-5-16-6-10/h8-10,13H,1-7H2,(H,14,15). The van der Waals surface area contributed by atoms with Gasteiger partial charge < -0.3 is 9.84 Å². The molecule has 3 aliphatic rings. The maximum absolute atomic E-state index is 11.7. The summed E-state index contributed by atoms with van der Waals surface area (Å²) in [7, 11) is 0. The lowest BCUT2D eigenvalue weighted by atomic mass is 9.95. The van der Waals surface area contributed by atoms with Crippen molar-refractivity contribution >= 4 is 17.7 Å². The summed E-state index contributed by atoms with van der Waals surface area (Å²) in [5.41, 5.74) is -0.665. The lowest BCUT2D eigenvalue weighted by Crippen LogP contribution is -2.57. The van der Waals surface area contributed by atoms with Crippen LogP contribution in [0.1, 0.15) is 25.7 Å². The van der Waals surface area contributed by atoms with Crippen molar-refractivity contribution in [2.45, 2.75) is 42.5 Å². The SMILES string of the molecule is O=C(O)C(CSC1COC1)(NC1CC1)C1CC1. The van der Waals surface area contributed by atoms with Gasteiger partial charge in [0, 0.05) is 11.8 Å². The summed E-state index contributed by atoms with van der Waals surface area (Å²) in [6.07, 6.45) is 4.40. The van der Waals surface area contributed by atoms with Gasteiger partial charge in [-0.3, -0.25) is 10.1 Å². The van der Waals surface area contributed by atoms with Crippen LogP contribution >= 0.6 is 11.8 Å². The number of hydrogen-bond donors (Lipinski definition) is 2. The normalized spacial score (nSPS) is 28.5. The first-order valence-corrected chi connectivity index (χ1v) is 7.46. The van der Waals surface area contributed by atoms with Crippen LogP contribution in [-0.2, 0) is 9.53 Å². The quantitative estimate of drug-likeness (QED) is 0.715. The van der Waals surface area contributed by atoms with Crippen molar-refractivity contribution in [1.82, 2.24) is 5.32 Å². The molecule has 0 amide bonds. The number of rotatable bonds is 7. The Labute approximate surface area is 105 Å². The van der Waals surface area contributed by atoms with Crippen molar-refractivity contribution < 1.29 is 14.6 Å². The molecule has 1 saturated heterocycles. The number of aliphatic carboxylic acids is 1. The average molecular weight is 257 g/mol. The fourth-order valence-corrected chi connectivity index (χ4v) is 3.63. The average Bonchev–Trinajstić information content (AvgIpc) is 3.07. The van der Waals surface area contributed by atoms with Gasteiger partial charge in [0.1, 0.15) is 5.54 Å². The van der Waals surface area contributed by atoms with Gasteiger partial charge >= 0.3 is 5.97 Å². The summed E-state index contributed by atoms with van der Waals surface area (Å²) < 4.78 is 5.14. The zero-order valence-corrected chi connectivity index (χ0v) is 10.7. The predicted octanol–water partition coefficient (Wildman–Crippen LogP) is 1.10. The van der Waals surface area contributed by atoms with Crippen LogP contribution in [0.15, 0.2) is 0 Å². The van der Waals surface area contributed by atoms with Gasteiger partial charge in [-0.1, -0.05) is 0 Å². The van der Waals surface area contributed by atoms with E-state index >= 15 is 0 Å². The van der Waals surface area contributed by atoms with Crippen molar-refractivity contribution in [3.63, 3.8) is 0 Å². The first kappa shape index (κ1) is 11.8. The number of ether oxygens (including phenoxy) is 1. The third-order valence-corrected chi connectivity index (χ3v) is 5.21. The summed E-state index contributed by atoms with van der Waals surface area (Å²) in [5.74, 6) is 0.381. The highest BCUT2D eigenvalue weighted by atomic mass is 32.2. The fourth-order valence-electron chi connectivity index (χ4n) is 2.30. The highest BCUT2D eigenvalue weighted by Crippen LogP contribution is 2.44. The predicted molar refractivity (Wildman–Crippen MR) is 66.3 cm³/mol. The van der Waals surface area contributed by atoms with E-state index in [4.69, 9.17) is 4.74 Å². The van der Waals surface area contributed by atoms with Crippen LogP contribution in [-0.4, -0.2) is 46.9 Å². The Bertz CT molecular complexity index is 313. The van der Waals surface area contributed by atoms with Crippen LogP contribution in [0.25, 0.3) is 0 Å².